The highest BCUT2D eigenvalue weighted by atomic mass is 127. The van der Waals surface area contributed by atoms with Gasteiger partial charge in [0.25, 0.3) is 0 Å². The summed E-state index contributed by atoms with van der Waals surface area (Å²) >= 11 is 9.42. The fourth-order valence-electron chi connectivity index (χ4n) is 1.19. The number of nitrogens with zero attached hydrogens (tertiary/aromatic N) is 3. The molecule has 4 nitrogen and oxygen atoms in total. The van der Waals surface area contributed by atoms with Crippen molar-refractivity contribution in [2.24, 2.45) is 0 Å². The van der Waals surface area contributed by atoms with Crippen LogP contribution in [0.4, 0.5) is 5.82 Å². The first-order chi connectivity index (χ1) is 7.08. The van der Waals surface area contributed by atoms with Crippen molar-refractivity contribution in [3.63, 3.8) is 0 Å². The molecular formula is C8H8ClIN4S. The summed E-state index contributed by atoms with van der Waals surface area (Å²) in [6.07, 6.45) is 1.64. The lowest BCUT2D eigenvalue weighted by Crippen LogP contribution is -2.05. The van der Waals surface area contributed by atoms with E-state index in [2.05, 4.69) is 32.7 Å². The van der Waals surface area contributed by atoms with Gasteiger partial charge >= 0.3 is 0 Å². The third-order valence-electron chi connectivity index (χ3n) is 1.90. The topological polar surface area (TPSA) is 56.7 Å². The molecule has 0 saturated heterocycles. The highest BCUT2D eigenvalue weighted by Crippen LogP contribution is 2.22. The Morgan fingerprint density at radius 1 is 1.67 bits per heavy atom. The van der Waals surface area contributed by atoms with Crippen LogP contribution in [0.15, 0.2) is 6.20 Å². The van der Waals surface area contributed by atoms with Gasteiger partial charge in [-0.25, -0.2) is 9.67 Å². The van der Waals surface area contributed by atoms with Gasteiger partial charge in [-0.2, -0.15) is 5.10 Å². The molecule has 2 rings (SSSR count). The zero-order valence-corrected chi connectivity index (χ0v) is 11.6. The minimum Gasteiger partial charge on any atom is -0.383 e. The van der Waals surface area contributed by atoms with Gasteiger partial charge in [0.1, 0.15) is 15.2 Å². The minimum atomic E-state index is 0.576. The predicted molar refractivity (Wildman–Crippen MR) is 70.3 cm³/mol. The third-order valence-corrected chi connectivity index (χ3v) is 4.33. The summed E-state index contributed by atoms with van der Waals surface area (Å²) in [5.74, 6) is 0.680. The van der Waals surface area contributed by atoms with E-state index in [9.17, 15) is 0 Å². The number of thiazole rings is 1. The Labute approximate surface area is 110 Å². The number of rotatable bonds is 2. The minimum absolute atomic E-state index is 0.576. The van der Waals surface area contributed by atoms with Gasteiger partial charge in [0, 0.05) is 0 Å². The molecule has 0 unspecified atom stereocenters. The number of aromatic nitrogens is 3. The quantitative estimate of drug-likeness (QED) is 0.843. The maximum atomic E-state index is 5.89. The first-order valence-electron chi connectivity index (χ1n) is 4.16. The van der Waals surface area contributed by atoms with Crippen LogP contribution in [0, 0.1) is 10.5 Å². The molecule has 2 aromatic heterocycles. The molecule has 0 saturated carbocycles. The highest BCUT2D eigenvalue weighted by Gasteiger charge is 2.11. The van der Waals surface area contributed by atoms with Crippen molar-refractivity contribution in [1.82, 2.24) is 14.8 Å². The number of nitrogen functional groups attached to an aromatic ring is 1. The maximum absolute atomic E-state index is 5.89. The second kappa shape index (κ2) is 4.26. The lowest BCUT2D eigenvalue weighted by atomic mass is 10.5. The monoisotopic (exact) mass is 354 g/mol. The zero-order chi connectivity index (χ0) is 11.0. The van der Waals surface area contributed by atoms with E-state index in [1.807, 2.05) is 6.92 Å². The Kier molecular flexibility index (Phi) is 3.17. The number of nitrogens with two attached hydrogens (primary N) is 1. The van der Waals surface area contributed by atoms with Gasteiger partial charge in [0.05, 0.1) is 22.0 Å². The number of hydrogen-bond acceptors (Lipinski definition) is 4. The zero-order valence-electron chi connectivity index (χ0n) is 7.87. The molecule has 0 spiro atoms. The number of aryl methyl sites for hydroxylation is 1. The molecule has 0 bridgehead atoms. The van der Waals surface area contributed by atoms with E-state index in [4.69, 9.17) is 17.3 Å². The second-order valence-corrected chi connectivity index (χ2v) is 5.83. The molecule has 7 heteroatoms. The average molecular weight is 355 g/mol. The molecule has 0 aliphatic carbocycles. The molecule has 2 N–H and O–H groups in total. The van der Waals surface area contributed by atoms with Crippen LogP contribution in [0.2, 0.25) is 4.34 Å². The fourth-order valence-corrected chi connectivity index (χ4v) is 2.51. The lowest BCUT2D eigenvalue weighted by molar-refractivity contribution is 0.686. The Morgan fingerprint density at radius 2 is 2.40 bits per heavy atom. The molecule has 2 heterocycles. The van der Waals surface area contributed by atoms with Crippen LogP contribution in [0.5, 0.6) is 0 Å². The predicted octanol–water partition coefficient (Wildman–Crippen LogP) is 2.54. The Morgan fingerprint density at radius 3 is 2.87 bits per heavy atom. The van der Waals surface area contributed by atoms with Crippen LogP contribution < -0.4 is 5.73 Å². The second-order valence-electron chi connectivity index (χ2n) is 3.00. The Hall–Kier alpha value is -0.340. The molecule has 0 atom stereocenters. The molecule has 2 aromatic rings. The van der Waals surface area contributed by atoms with Crippen LogP contribution in [0.25, 0.3) is 0 Å². The van der Waals surface area contributed by atoms with Crippen molar-refractivity contribution in [3.8, 4) is 0 Å². The van der Waals surface area contributed by atoms with Crippen molar-refractivity contribution in [2.45, 2.75) is 13.5 Å². The van der Waals surface area contributed by atoms with Crippen molar-refractivity contribution in [1.29, 1.82) is 0 Å². The van der Waals surface area contributed by atoms with E-state index in [0.717, 1.165) is 14.3 Å². The number of halogens is 2. The summed E-state index contributed by atoms with van der Waals surface area (Å²) in [6, 6.07) is 0. The van der Waals surface area contributed by atoms with Gasteiger partial charge in [0.15, 0.2) is 0 Å². The van der Waals surface area contributed by atoms with E-state index < -0.39 is 0 Å². The highest BCUT2D eigenvalue weighted by molar-refractivity contribution is 14.1. The smallest absolute Gasteiger partial charge is 0.135 e. The summed E-state index contributed by atoms with van der Waals surface area (Å²) in [4.78, 5) is 4.16. The van der Waals surface area contributed by atoms with Gasteiger partial charge in [-0.15, -0.1) is 11.3 Å². The van der Waals surface area contributed by atoms with Crippen molar-refractivity contribution >= 4 is 51.3 Å². The average Bonchev–Trinajstić information content (AvgIpc) is 2.68. The van der Waals surface area contributed by atoms with E-state index in [-0.39, 0.29) is 0 Å². The summed E-state index contributed by atoms with van der Waals surface area (Å²) in [7, 11) is 0. The molecule has 0 fully saturated rings. The van der Waals surface area contributed by atoms with Crippen LogP contribution in [-0.2, 0) is 6.54 Å². The number of anilines is 1. The Bertz CT molecular complexity index is 493. The van der Waals surface area contributed by atoms with E-state index >= 15 is 0 Å². The standard InChI is InChI=1S/C8H8ClIN4S/c1-4-7(10)8(11)14(13-4)3-6-12-2-5(9)15-6/h2H,3,11H2,1H3. The molecular weight excluding hydrogens is 347 g/mol. The van der Waals surface area contributed by atoms with E-state index in [0.29, 0.717) is 16.7 Å². The molecule has 0 aliphatic rings. The van der Waals surface area contributed by atoms with Gasteiger partial charge in [-0.1, -0.05) is 11.6 Å². The summed E-state index contributed by atoms with van der Waals surface area (Å²) < 4.78 is 3.42. The van der Waals surface area contributed by atoms with Crippen LogP contribution in [-0.4, -0.2) is 14.8 Å². The first-order valence-corrected chi connectivity index (χ1v) is 6.44. The molecule has 80 valence electrons. The SMILES string of the molecule is Cc1nn(Cc2ncc(Cl)s2)c(N)c1I. The largest absolute Gasteiger partial charge is 0.383 e. The van der Waals surface area contributed by atoms with E-state index in [1.165, 1.54) is 11.3 Å². The molecule has 0 radical (unpaired) electrons. The van der Waals surface area contributed by atoms with Crippen molar-refractivity contribution in [3.05, 3.63) is 24.8 Å². The summed E-state index contributed by atoms with van der Waals surface area (Å²) in [5, 5.41) is 5.23. The molecule has 0 aromatic carbocycles. The fraction of sp³-hybridized carbons (Fsp3) is 0.250. The van der Waals surface area contributed by atoms with Gasteiger partial charge < -0.3 is 5.73 Å². The normalized spacial score (nSPS) is 10.9. The number of hydrogen-bond donors (Lipinski definition) is 1. The Balaban J connectivity index is 2.28. The molecule has 0 aliphatic heterocycles. The van der Waals surface area contributed by atoms with Gasteiger partial charge in [0.2, 0.25) is 0 Å². The van der Waals surface area contributed by atoms with Gasteiger partial charge in [-0.05, 0) is 29.5 Å². The summed E-state index contributed by atoms with van der Waals surface area (Å²) in [5.41, 5.74) is 6.84. The van der Waals surface area contributed by atoms with Crippen LogP contribution >= 0.6 is 45.5 Å². The maximum Gasteiger partial charge on any atom is 0.135 e. The van der Waals surface area contributed by atoms with Gasteiger partial charge in [-0.3, -0.25) is 0 Å². The first kappa shape index (κ1) is 11.2. The van der Waals surface area contributed by atoms with Crippen molar-refractivity contribution in [2.75, 3.05) is 5.73 Å². The molecule has 0 amide bonds. The van der Waals surface area contributed by atoms with Crippen LogP contribution in [0.1, 0.15) is 10.7 Å². The molecule has 15 heavy (non-hydrogen) atoms. The summed E-state index contributed by atoms with van der Waals surface area (Å²) in [6.45, 7) is 2.51. The van der Waals surface area contributed by atoms with E-state index in [1.54, 1.807) is 10.9 Å². The third kappa shape index (κ3) is 2.26. The van der Waals surface area contributed by atoms with Crippen LogP contribution in [0.3, 0.4) is 0 Å². The van der Waals surface area contributed by atoms with Crippen molar-refractivity contribution < 1.29 is 0 Å². The lowest BCUT2D eigenvalue weighted by Gasteiger charge is -2.00.